The van der Waals surface area contributed by atoms with Crippen molar-refractivity contribution in [3.8, 4) is 0 Å². The van der Waals surface area contributed by atoms with Gasteiger partial charge in [-0.1, -0.05) is 29.3 Å². The van der Waals surface area contributed by atoms with Crippen molar-refractivity contribution in [3.05, 3.63) is 33.8 Å². The van der Waals surface area contributed by atoms with Gasteiger partial charge in [0.2, 0.25) is 0 Å². The van der Waals surface area contributed by atoms with Gasteiger partial charge in [-0.05, 0) is 24.6 Å². The molecule has 92 valence electrons. The Kier molecular flexibility index (Phi) is 4.97. The number of ketones is 1. The van der Waals surface area contributed by atoms with Crippen LogP contribution >= 0.6 is 23.2 Å². The lowest BCUT2D eigenvalue weighted by molar-refractivity contribution is -0.148. The van der Waals surface area contributed by atoms with Crippen molar-refractivity contribution in [1.82, 2.24) is 0 Å². The molecular formula is C12H12Cl2O3. The predicted octanol–water partition coefficient (Wildman–Crippen LogP) is 2.91. The van der Waals surface area contributed by atoms with Gasteiger partial charge in [0.05, 0.1) is 7.11 Å². The van der Waals surface area contributed by atoms with Crippen LogP contribution < -0.4 is 0 Å². The zero-order chi connectivity index (χ0) is 13.0. The average Bonchev–Trinajstić information content (AvgIpc) is 2.30. The van der Waals surface area contributed by atoms with Crippen LogP contribution in [0, 0.1) is 5.92 Å². The van der Waals surface area contributed by atoms with Gasteiger partial charge >= 0.3 is 5.97 Å². The minimum Gasteiger partial charge on any atom is -0.468 e. The lowest BCUT2D eigenvalue weighted by atomic mass is 9.99. The highest BCUT2D eigenvalue weighted by atomic mass is 35.5. The zero-order valence-corrected chi connectivity index (χ0v) is 11.0. The van der Waals surface area contributed by atoms with Gasteiger partial charge in [-0.2, -0.15) is 0 Å². The fourth-order valence-electron chi connectivity index (χ4n) is 1.31. The molecule has 17 heavy (non-hydrogen) atoms. The maximum Gasteiger partial charge on any atom is 0.315 e. The second kappa shape index (κ2) is 6.03. The Morgan fingerprint density at radius 2 is 2.00 bits per heavy atom. The van der Waals surface area contributed by atoms with E-state index in [9.17, 15) is 9.59 Å². The standard InChI is InChI=1S/C12H12Cl2O3/c1-7(12(16)17-2)11(15)5-8-3-4-9(13)6-10(8)14/h3-4,6-7H,5H2,1-2H3. The molecule has 0 aromatic heterocycles. The van der Waals surface area contributed by atoms with E-state index in [1.165, 1.54) is 14.0 Å². The molecule has 0 saturated carbocycles. The van der Waals surface area contributed by atoms with Gasteiger partial charge in [0.15, 0.2) is 5.78 Å². The molecule has 0 aliphatic heterocycles. The molecule has 0 aliphatic carbocycles. The summed E-state index contributed by atoms with van der Waals surface area (Å²) in [6, 6.07) is 4.89. The molecule has 5 heteroatoms. The number of carbonyl (C=O) groups excluding carboxylic acids is 2. The number of esters is 1. The lowest BCUT2D eigenvalue weighted by Gasteiger charge is -2.09. The van der Waals surface area contributed by atoms with Crippen molar-refractivity contribution in [2.45, 2.75) is 13.3 Å². The Labute approximate surface area is 110 Å². The van der Waals surface area contributed by atoms with Gasteiger partial charge in [0.1, 0.15) is 5.92 Å². The Balaban J connectivity index is 2.78. The van der Waals surface area contributed by atoms with Crippen molar-refractivity contribution in [2.24, 2.45) is 5.92 Å². The predicted molar refractivity (Wildman–Crippen MR) is 66.4 cm³/mol. The molecule has 3 nitrogen and oxygen atoms in total. The molecule has 0 aliphatic rings. The first-order valence-corrected chi connectivity index (χ1v) is 5.75. The van der Waals surface area contributed by atoms with Crippen LogP contribution in [0.3, 0.4) is 0 Å². The molecular weight excluding hydrogens is 263 g/mol. The third kappa shape index (κ3) is 3.72. The number of hydrogen-bond acceptors (Lipinski definition) is 3. The average molecular weight is 275 g/mol. The van der Waals surface area contributed by atoms with Crippen LogP contribution in [0.2, 0.25) is 10.0 Å². The third-order valence-corrected chi connectivity index (χ3v) is 3.00. The van der Waals surface area contributed by atoms with E-state index in [0.29, 0.717) is 15.6 Å². The molecule has 1 rings (SSSR count). The summed E-state index contributed by atoms with van der Waals surface area (Å²) < 4.78 is 4.51. The van der Waals surface area contributed by atoms with E-state index in [1.54, 1.807) is 18.2 Å². The first-order chi connectivity index (χ1) is 7.95. The van der Waals surface area contributed by atoms with E-state index in [-0.39, 0.29) is 12.2 Å². The van der Waals surface area contributed by atoms with Gasteiger partial charge < -0.3 is 4.74 Å². The molecule has 0 spiro atoms. The first kappa shape index (κ1) is 14.0. The normalized spacial score (nSPS) is 12.0. The Morgan fingerprint density at radius 3 is 2.53 bits per heavy atom. The van der Waals surface area contributed by atoms with Crippen molar-refractivity contribution in [2.75, 3.05) is 7.11 Å². The van der Waals surface area contributed by atoms with E-state index in [4.69, 9.17) is 23.2 Å². The molecule has 0 fully saturated rings. The quantitative estimate of drug-likeness (QED) is 0.626. The molecule has 0 bridgehead atoms. The molecule has 0 amide bonds. The number of Topliss-reactive ketones (excluding diaryl/α,β-unsaturated/α-hetero) is 1. The molecule has 1 aromatic rings. The van der Waals surface area contributed by atoms with E-state index in [1.807, 2.05) is 0 Å². The third-order valence-electron chi connectivity index (χ3n) is 2.42. The maximum atomic E-state index is 11.8. The molecule has 0 radical (unpaired) electrons. The molecule has 1 unspecified atom stereocenters. The van der Waals surface area contributed by atoms with E-state index in [2.05, 4.69) is 4.74 Å². The van der Waals surface area contributed by atoms with Crippen molar-refractivity contribution < 1.29 is 14.3 Å². The molecule has 1 aromatic carbocycles. The van der Waals surface area contributed by atoms with Crippen LogP contribution in [0.15, 0.2) is 18.2 Å². The second-order valence-corrected chi connectivity index (χ2v) is 4.47. The van der Waals surface area contributed by atoms with Gasteiger partial charge in [-0.3, -0.25) is 9.59 Å². The maximum absolute atomic E-state index is 11.8. The summed E-state index contributed by atoms with van der Waals surface area (Å²) in [6.07, 6.45) is 0.0896. The van der Waals surface area contributed by atoms with E-state index < -0.39 is 11.9 Å². The van der Waals surface area contributed by atoms with Crippen LogP contribution in [0.4, 0.5) is 0 Å². The molecule has 0 N–H and O–H groups in total. The highest BCUT2D eigenvalue weighted by Gasteiger charge is 2.22. The topological polar surface area (TPSA) is 43.4 Å². The highest BCUT2D eigenvalue weighted by molar-refractivity contribution is 6.35. The Morgan fingerprint density at radius 1 is 1.35 bits per heavy atom. The number of benzene rings is 1. The minimum absolute atomic E-state index is 0.0896. The van der Waals surface area contributed by atoms with Crippen molar-refractivity contribution in [1.29, 1.82) is 0 Å². The lowest BCUT2D eigenvalue weighted by Crippen LogP contribution is -2.23. The summed E-state index contributed by atoms with van der Waals surface area (Å²) in [5.74, 6) is -1.56. The summed E-state index contributed by atoms with van der Waals surface area (Å²) in [7, 11) is 1.25. The number of rotatable bonds is 4. The fourth-order valence-corrected chi connectivity index (χ4v) is 1.79. The highest BCUT2D eigenvalue weighted by Crippen LogP contribution is 2.22. The smallest absolute Gasteiger partial charge is 0.315 e. The van der Waals surface area contributed by atoms with Gasteiger partial charge in [0, 0.05) is 16.5 Å². The minimum atomic E-state index is -0.785. The van der Waals surface area contributed by atoms with Crippen molar-refractivity contribution in [3.63, 3.8) is 0 Å². The fraction of sp³-hybridized carbons (Fsp3) is 0.333. The van der Waals surface area contributed by atoms with Crippen molar-refractivity contribution >= 4 is 35.0 Å². The summed E-state index contributed by atoms with van der Waals surface area (Å²) >= 11 is 11.7. The molecule has 1 atom stereocenters. The van der Waals surface area contributed by atoms with Gasteiger partial charge in [-0.15, -0.1) is 0 Å². The van der Waals surface area contributed by atoms with Crippen LogP contribution in [-0.2, 0) is 20.7 Å². The van der Waals surface area contributed by atoms with Gasteiger partial charge in [-0.25, -0.2) is 0 Å². The number of methoxy groups -OCH3 is 1. The van der Waals surface area contributed by atoms with Crippen LogP contribution in [0.5, 0.6) is 0 Å². The first-order valence-electron chi connectivity index (χ1n) is 5.00. The number of ether oxygens (including phenoxy) is 1. The van der Waals surface area contributed by atoms with E-state index >= 15 is 0 Å². The Bertz CT molecular complexity index is 443. The SMILES string of the molecule is COC(=O)C(C)C(=O)Cc1ccc(Cl)cc1Cl. The summed E-state index contributed by atoms with van der Waals surface area (Å²) in [5.41, 5.74) is 0.650. The monoisotopic (exact) mass is 274 g/mol. The van der Waals surface area contributed by atoms with Gasteiger partial charge in [0.25, 0.3) is 0 Å². The summed E-state index contributed by atoms with van der Waals surface area (Å²) in [5, 5.41) is 0.926. The second-order valence-electron chi connectivity index (χ2n) is 3.62. The largest absolute Gasteiger partial charge is 0.468 e. The van der Waals surface area contributed by atoms with Crippen LogP contribution in [0.25, 0.3) is 0 Å². The van der Waals surface area contributed by atoms with Crippen LogP contribution in [0.1, 0.15) is 12.5 Å². The summed E-state index contributed by atoms with van der Waals surface area (Å²) in [4.78, 5) is 22.9. The van der Waals surface area contributed by atoms with Crippen LogP contribution in [-0.4, -0.2) is 18.9 Å². The number of carbonyl (C=O) groups is 2. The molecule has 0 saturated heterocycles. The summed E-state index contributed by atoms with van der Waals surface area (Å²) in [6.45, 7) is 1.51. The number of hydrogen-bond donors (Lipinski definition) is 0. The number of halogens is 2. The zero-order valence-electron chi connectivity index (χ0n) is 9.50. The Hall–Kier alpha value is -1.06. The molecule has 0 heterocycles. The van der Waals surface area contributed by atoms with E-state index in [0.717, 1.165) is 0 Å².